The Morgan fingerprint density at radius 2 is 0.765 bits per heavy atom. The summed E-state index contributed by atoms with van der Waals surface area (Å²) in [4.78, 5) is 28.1. The predicted octanol–water partition coefficient (Wildman–Crippen LogP) is -1.89. The summed E-state index contributed by atoms with van der Waals surface area (Å²) in [5.74, 6) is -2.19. The Morgan fingerprint density at radius 3 is 0.824 bits per heavy atom. The van der Waals surface area contributed by atoms with Crippen molar-refractivity contribution in [1.29, 1.82) is 0 Å². The zero-order valence-electron chi connectivity index (χ0n) is 21.4. The molecule has 4 N–H and O–H groups in total. The summed E-state index contributed by atoms with van der Waals surface area (Å²) in [6.45, 7) is 27.8. The molecule has 0 rings (SSSR count). The summed E-state index contributed by atoms with van der Waals surface area (Å²) in [7, 11) is 8.62. The lowest BCUT2D eigenvalue weighted by molar-refractivity contribution is -0.878. The third kappa shape index (κ3) is 63.0. The Labute approximate surface area is 213 Å². The number of carbonyl (C=O) groups excluding carboxylic acids is 3. The highest BCUT2D eigenvalue weighted by Crippen LogP contribution is 1.95. The number of primary amides is 2. The first-order valence-corrected chi connectivity index (χ1v) is 9.80. The summed E-state index contributed by atoms with van der Waals surface area (Å²) in [6, 6.07) is 0. The van der Waals surface area contributed by atoms with Gasteiger partial charge in [0.1, 0.15) is 0 Å². The monoisotopic (exact) mass is 500 g/mol. The molecule has 0 saturated heterocycles. The predicted molar refractivity (Wildman–Crippen MR) is 138 cm³/mol. The van der Waals surface area contributed by atoms with Crippen LogP contribution in [0.1, 0.15) is 0 Å². The van der Waals surface area contributed by atoms with E-state index >= 15 is 0 Å². The average molecular weight is 501 g/mol. The van der Waals surface area contributed by atoms with E-state index in [4.69, 9.17) is 9.90 Å². The standard InChI is InChI=1S/2C8H16N.2C3H5NO.C3H4O2.ClH/c2*1-5-7-9(3,4)8-6-2;3*1-2-3(4)5;/h2*5-6H,1-2,7-8H2,3-4H3;2*2H,1H2,(H2,4,5);2H,1H2,(H,4,5);1H/q2*+1;;;;/p-2. The number of hydrogen-bond acceptors (Lipinski definition) is 4. The number of rotatable bonds is 11. The van der Waals surface area contributed by atoms with Crippen LogP contribution < -0.4 is 29.0 Å². The summed E-state index contributed by atoms with van der Waals surface area (Å²) < 4.78 is 1.90. The van der Waals surface area contributed by atoms with Gasteiger partial charge in [-0.3, -0.25) is 9.59 Å². The second-order valence-electron chi connectivity index (χ2n) is 7.49. The Balaban J connectivity index is -0.0000000738. The number of halogens is 1. The van der Waals surface area contributed by atoms with Crippen molar-refractivity contribution in [2.45, 2.75) is 0 Å². The van der Waals surface area contributed by atoms with E-state index in [1.54, 1.807) is 0 Å². The number of carbonyl (C=O) groups is 3. The summed E-state index contributed by atoms with van der Waals surface area (Å²) in [5.41, 5.74) is 9.07. The van der Waals surface area contributed by atoms with Gasteiger partial charge in [-0.15, -0.1) is 0 Å². The molecule has 0 aliphatic rings. The Bertz CT molecular complexity index is 548. The molecule has 0 aromatic rings. The number of aliphatic carboxylic acids is 1. The molecule has 0 fully saturated rings. The van der Waals surface area contributed by atoms with Gasteiger partial charge in [0.2, 0.25) is 11.8 Å². The number of quaternary nitrogens is 2. The van der Waals surface area contributed by atoms with Crippen LogP contribution in [-0.4, -0.2) is 81.1 Å². The number of hydrogen-bond donors (Lipinski definition) is 2. The highest BCUT2D eigenvalue weighted by Gasteiger charge is 2.08. The molecule has 0 aliphatic heterocycles. The zero-order chi connectivity index (χ0) is 27.5. The molecule has 0 saturated carbocycles. The number of likely N-dealkylation sites (N-methyl/N-ethyl adjacent to an activating group) is 2. The highest BCUT2D eigenvalue weighted by molar-refractivity contribution is 5.85. The maximum absolute atomic E-state index is 9.47. The number of carboxylic acids is 1. The Morgan fingerprint density at radius 1 is 0.618 bits per heavy atom. The van der Waals surface area contributed by atoms with Gasteiger partial charge in [-0.05, 0) is 42.5 Å². The molecular weight excluding hydrogens is 456 g/mol. The molecule has 0 spiro atoms. The minimum absolute atomic E-state index is 0. The summed E-state index contributed by atoms with van der Waals surface area (Å²) in [5, 5.41) is 9.14. The highest BCUT2D eigenvalue weighted by atomic mass is 35.5. The first-order chi connectivity index (χ1) is 15.1. The first kappa shape index (κ1) is 44.5. The fourth-order valence-electron chi connectivity index (χ4n) is 1.55. The van der Waals surface area contributed by atoms with Crippen LogP contribution in [0, 0.1) is 0 Å². The topological polar surface area (TPSA) is 126 Å². The van der Waals surface area contributed by atoms with Crippen molar-refractivity contribution in [3.63, 3.8) is 0 Å². The average Bonchev–Trinajstić information content (AvgIpc) is 2.69. The molecule has 8 nitrogen and oxygen atoms in total. The van der Waals surface area contributed by atoms with Gasteiger partial charge < -0.3 is 42.7 Å². The van der Waals surface area contributed by atoms with Gasteiger partial charge in [-0.2, -0.15) is 0 Å². The fraction of sp³-hybridized carbons (Fsp3) is 0.320. The van der Waals surface area contributed by atoms with Crippen molar-refractivity contribution in [3.8, 4) is 0 Å². The van der Waals surface area contributed by atoms with E-state index in [1.807, 2.05) is 24.3 Å². The third-order valence-corrected chi connectivity index (χ3v) is 3.06. The molecular formula is C25H45ClN4O4. The normalized spacial score (nSPS) is 8.59. The summed E-state index contributed by atoms with van der Waals surface area (Å²) in [6.07, 6.45) is 10.6. The molecule has 196 valence electrons. The van der Waals surface area contributed by atoms with E-state index in [9.17, 15) is 9.59 Å². The van der Waals surface area contributed by atoms with Crippen LogP contribution in [0.5, 0.6) is 0 Å². The third-order valence-electron chi connectivity index (χ3n) is 3.06. The van der Waals surface area contributed by atoms with Crippen LogP contribution in [-0.2, 0) is 14.4 Å². The quantitative estimate of drug-likeness (QED) is 0.195. The van der Waals surface area contributed by atoms with Crippen LogP contribution in [0.25, 0.3) is 0 Å². The maximum Gasteiger partial charge on any atom is 0.240 e. The molecule has 0 unspecified atom stereocenters. The minimum atomic E-state index is -1.23. The van der Waals surface area contributed by atoms with Gasteiger partial charge >= 0.3 is 0 Å². The van der Waals surface area contributed by atoms with E-state index < -0.39 is 17.8 Å². The maximum atomic E-state index is 9.47. The molecule has 0 atom stereocenters. The van der Waals surface area contributed by atoms with Crippen LogP contribution in [0.4, 0.5) is 0 Å². The molecule has 2 amide bonds. The second kappa shape index (κ2) is 29.8. The van der Waals surface area contributed by atoms with Crippen molar-refractivity contribution in [3.05, 3.63) is 88.6 Å². The van der Waals surface area contributed by atoms with Gasteiger partial charge in [-0.25, -0.2) is 0 Å². The largest absolute Gasteiger partial charge is 1.00 e. The molecule has 0 aromatic heterocycles. The van der Waals surface area contributed by atoms with Crippen molar-refractivity contribution in [1.82, 2.24) is 0 Å². The first-order valence-electron chi connectivity index (χ1n) is 9.80. The Kier molecular flexibility index (Phi) is 39.0. The number of carboxylic acid groups (broad SMARTS) is 1. The van der Waals surface area contributed by atoms with Gasteiger partial charge in [0.05, 0.1) is 60.3 Å². The lowest BCUT2D eigenvalue weighted by Gasteiger charge is -2.26. The van der Waals surface area contributed by atoms with E-state index in [2.05, 4.69) is 85.7 Å². The minimum Gasteiger partial charge on any atom is -1.00 e. The number of amides is 2. The molecule has 0 heterocycles. The van der Waals surface area contributed by atoms with Crippen molar-refractivity contribution in [2.75, 3.05) is 54.4 Å². The lowest BCUT2D eigenvalue weighted by Crippen LogP contribution is -3.00. The molecule has 34 heavy (non-hydrogen) atoms. The van der Waals surface area contributed by atoms with Crippen molar-refractivity contribution in [2.24, 2.45) is 11.5 Å². The van der Waals surface area contributed by atoms with E-state index in [0.29, 0.717) is 0 Å². The summed E-state index contributed by atoms with van der Waals surface area (Å²) >= 11 is 0. The van der Waals surface area contributed by atoms with E-state index in [0.717, 1.165) is 53.4 Å². The second-order valence-corrected chi connectivity index (χ2v) is 7.49. The molecule has 0 radical (unpaired) electrons. The smallest absolute Gasteiger partial charge is 0.240 e. The number of nitrogens with zero attached hydrogens (tertiary/aromatic N) is 2. The zero-order valence-corrected chi connectivity index (χ0v) is 22.1. The van der Waals surface area contributed by atoms with Crippen LogP contribution in [0.3, 0.4) is 0 Å². The molecule has 0 aliphatic carbocycles. The Hall–Kier alpha value is -3.20. The molecule has 0 aromatic carbocycles. The van der Waals surface area contributed by atoms with Gasteiger partial charge in [0, 0.05) is 0 Å². The van der Waals surface area contributed by atoms with Gasteiger partial charge in [0.15, 0.2) is 0 Å². The molecule has 0 bridgehead atoms. The van der Waals surface area contributed by atoms with Crippen molar-refractivity contribution >= 4 is 17.8 Å². The lowest BCUT2D eigenvalue weighted by atomic mass is 10.4. The fourth-order valence-corrected chi connectivity index (χ4v) is 1.55. The van der Waals surface area contributed by atoms with Crippen LogP contribution >= 0.6 is 0 Å². The van der Waals surface area contributed by atoms with E-state index in [-0.39, 0.29) is 12.4 Å². The van der Waals surface area contributed by atoms with Crippen LogP contribution in [0.15, 0.2) is 88.6 Å². The van der Waals surface area contributed by atoms with Gasteiger partial charge in [-0.1, -0.05) is 46.1 Å². The van der Waals surface area contributed by atoms with Crippen molar-refractivity contribution < 1.29 is 40.9 Å². The SMILES string of the molecule is C=CC(=O)[O-].C=CC(N)=O.C=CC(N)=O.C=CC[N+](C)(C)CC=C.C=CC[N+](C)(C)CC=C.[Cl-]. The van der Waals surface area contributed by atoms with E-state index in [1.165, 1.54) is 0 Å². The molecule has 9 heteroatoms. The number of nitrogens with two attached hydrogens (primary N) is 2. The van der Waals surface area contributed by atoms with Crippen LogP contribution in [0.2, 0.25) is 0 Å². The van der Waals surface area contributed by atoms with Gasteiger partial charge in [0.25, 0.3) is 0 Å².